The van der Waals surface area contributed by atoms with E-state index in [0.29, 0.717) is 27.4 Å². The number of hydrogen-bond donors (Lipinski definition) is 2. The van der Waals surface area contributed by atoms with Crippen molar-refractivity contribution in [1.82, 2.24) is 0 Å². The third-order valence-corrected chi connectivity index (χ3v) is 7.21. The summed E-state index contributed by atoms with van der Waals surface area (Å²) in [6, 6.07) is 12.1. The number of carbonyl (C=O) groups excluding carboxylic acids is 2. The first-order valence-corrected chi connectivity index (χ1v) is 12.0. The van der Waals surface area contributed by atoms with E-state index >= 15 is 0 Å². The van der Waals surface area contributed by atoms with Gasteiger partial charge in [0.2, 0.25) is 0 Å². The molecule has 1 fully saturated rings. The van der Waals surface area contributed by atoms with Crippen LogP contribution < -0.4 is 10.6 Å². The third kappa shape index (κ3) is 5.68. The van der Waals surface area contributed by atoms with Crippen molar-refractivity contribution in [3.8, 4) is 0 Å². The summed E-state index contributed by atoms with van der Waals surface area (Å²) >= 11 is 31.0. The molecule has 0 bridgehead atoms. The van der Waals surface area contributed by atoms with Crippen molar-refractivity contribution in [2.45, 2.75) is 10.3 Å². The van der Waals surface area contributed by atoms with E-state index in [2.05, 4.69) is 10.6 Å². The van der Waals surface area contributed by atoms with Gasteiger partial charge in [-0.1, -0.05) is 34.8 Å². The number of ketones is 1. The Labute approximate surface area is 224 Å². The van der Waals surface area contributed by atoms with Gasteiger partial charge in [0.05, 0.1) is 28.7 Å². The Morgan fingerprint density at radius 1 is 0.914 bits per heavy atom. The van der Waals surface area contributed by atoms with Crippen LogP contribution in [0.5, 0.6) is 0 Å². The first-order valence-electron chi connectivity index (χ1n) is 10.1. The van der Waals surface area contributed by atoms with Gasteiger partial charge in [-0.2, -0.15) is 0 Å². The van der Waals surface area contributed by atoms with Gasteiger partial charge in [0, 0.05) is 27.7 Å². The number of anilines is 2. The number of benzene rings is 3. The van der Waals surface area contributed by atoms with Crippen LogP contribution in [0, 0.1) is 17.6 Å². The summed E-state index contributed by atoms with van der Waals surface area (Å²) in [6.45, 7) is -0.133. The minimum Gasteiger partial charge on any atom is -0.378 e. The molecule has 1 aliphatic rings. The van der Waals surface area contributed by atoms with E-state index in [-0.39, 0.29) is 28.6 Å². The molecule has 0 radical (unpaired) electrons. The van der Waals surface area contributed by atoms with Crippen molar-refractivity contribution in [3.05, 3.63) is 92.4 Å². The molecule has 1 aliphatic carbocycles. The minimum absolute atomic E-state index is 0.0229. The Morgan fingerprint density at radius 3 is 2.26 bits per heavy atom. The van der Waals surface area contributed by atoms with E-state index in [1.807, 2.05) is 0 Å². The zero-order valence-electron chi connectivity index (χ0n) is 17.5. The van der Waals surface area contributed by atoms with Crippen LogP contribution in [0.25, 0.3) is 0 Å². The molecule has 11 heteroatoms. The Kier molecular flexibility index (Phi) is 7.51. The molecular weight excluding hydrogens is 564 g/mol. The molecule has 3 aromatic carbocycles. The number of nitrogens with one attached hydrogen (secondary N) is 2. The molecule has 0 aliphatic heterocycles. The van der Waals surface area contributed by atoms with Gasteiger partial charge < -0.3 is 10.6 Å². The highest BCUT2D eigenvalue weighted by Crippen LogP contribution is 2.65. The summed E-state index contributed by atoms with van der Waals surface area (Å²) < 4.78 is 25.7. The number of carbonyl (C=O) groups is 2. The lowest BCUT2D eigenvalue weighted by molar-refractivity contribution is -0.118. The van der Waals surface area contributed by atoms with Crippen LogP contribution in [0.3, 0.4) is 0 Å². The molecule has 35 heavy (non-hydrogen) atoms. The number of amides is 1. The van der Waals surface area contributed by atoms with E-state index in [1.54, 1.807) is 24.3 Å². The zero-order valence-corrected chi connectivity index (χ0v) is 21.3. The van der Waals surface area contributed by atoms with E-state index in [1.165, 1.54) is 12.1 Å². The molecule has 0 saturated heterocycles. The lowest BCUT2D eigenvalue weighted by atomic mass is 10.1. The van der Waals surface area contributed by atoms with Crippen LogP contribution in [-0.4, -0.2) is 22.6 Å². The molecule has 1 amide bonds. The van der Waals surface area contributed by atoms with Crippen molar-refractivity contribution >= 4 is 81.1 Å². The summed E-state index contributed by atoms with van der Waals surface area (Å²) in [7, 11) is 0. The summed E-state index contributed by atoms with van der Waals surface area (Å²) in [4.78, 5) is 25.5. The summed E-state index contributed by atoms with van der Waals surface area (Å²) in [5.41, 5.74) is 0.881. The molecular formula is C24H15Cl5F2N2O2. The highest BCUT2D eigenvalue weighted by atomic mass is 35.5. The first kappa shape index (κ1) is 26.0. The van der Waals surface area contributed by atoms with Crippen LogP contribution in [0.2, 0.25) is 15.1 Å². The van der Waals surface area contributed by atoms with Crippen LogP contribution in [0.1, 0.15) is 21.8 Å². The van der Waals surface area contributed by atoms with Crippen molar-refractivity contribution in [1.29, 1.82) is 0 Å². The fraction of sp³-hybridized carbons (Fsp3) is 0.167. The molecule has 0 heterocycles. The second-order valence-electron chi connectivity index (χ2n) is 7.93. The smallest absolute Gasteiger partial charge is 0.257 e. The molecule has 4 nitrogen and oxygen atoms in total. The number of Topliss-reactive ketones (excluding diaryl/α,β-unsaturated/α-hetero) is 1. The molecule has 1 saturated carbocycles. The van der Waals surface area contributed by atoms with Gasteiger partial charge >= 0.3 is 0 Å². The van der Waals surface area contributed by atoms with E-state index in [0.717, 1.165) is 12.1 Å². The van der Waals surface area contributed by atoms with Gasteiger partial charge in [-0.25, -0.2) is 8.78 Å². The Morgan fingerprint density at radius 2 is 1.60 bits per heavy atom. The molecule has 182 valence electrons. The molecule has 4 rings (SSSR count). The van der Waals surface area contributed by atoms with Crippen LogP contribution in [0.4, 0.5) is 20.2 Å². The van der Waals surface area contributed by atoms with Crippen LogP contribution in [-0.2, 0) is 4.79 Å². The van der Waals surface area contributed by atoms with E-state index in [4.69, 9.17) is 58.0 Å². The highest BCUT2D eigenvalue weighted by Gasteiger charge is 2.67. The van der Waals surface area contributed by atoms with Crippen LogP contribution in [0.15, 0.2) is 54.6 Å². The van der Waals surface area contributed by atoms with Crippen molar-refractivity contribution in [2.75, 3.05) is 17.2 Å². The number of alkyl halides is 2. The van der Waals surface area contributed by atoms with Gasteiger partial charge in [0.1, 0.15) is 16.0 Å². The normalized spacial score (nSPS) is 18.1. The Bertz CT molecular complexity index is 1320. The monoisotopic (exact) mass is 576 g/mol. The predicted molar refractivity (Wildman–Crippen MR) is 136 cm³/mol. The van der Waals surface area contributed by atoms with E-state index in [9.17, 15) is 18.4 Å². The average Bonchev–Trinajstić information content (AvgIpc) is 3.36. The first-order chi connectivity index (χ1) is 16.5. The number of rotatable bonds is 7. The maximum Gasteiger partial charge on any atom is 0.257 e. The summed E-state index contributed by atoms with van der Waals surface area (Å²) in [6.07, 6.45) is 0. The predicted octanol–water partition coefficient (Wildman–Crippen LogP) is 7.75. The quantitative estimate of drug-likeness (QED) is 0.282. The van der Waals surface area contributed by atoms with Crippen molar-refractivity contribution < 1.29 is 18.4 Å². The zero-order chi connectivity index (χ0) is 25.5. The standard InChI is InChI=1S/C24H15Cl5F2N2O2/c25-12-5-11(6-13(26)7-12)21-22(24(21,28)29)20(34)10-32-15-2-3-17(27)16(9-15)23(35)33-19-4-1-14(30)8-18(19)31/h1-9,21-22,32H,10H2,(H,33,35). The Balaban J connectivity index is 1.44. The Hall–Kier alpha value is -2.09. The molecule has 0 spiro atoms. The minimum atomic E-state index is -1.31. The lowest BCUT2D eigenvalue weighted by Crippen LogP contribution is -2.19. The van der Waals surface area contributed by atoms with E-state index < -0.39 is 33.7 Å². The van der Waals surface area contributed by atoms with Crippen LogP contribution >= 0.6 is 58.0 Å². The highest BCUT2D eigenvalue weighted by molar-refractivity contribution is 6.53. The molecule has 2 N–H and O–H groups in total. The third-order valence-electron chi connectivity index (χ3n) is 5.50. The number of halogens is 7. The molecule has 3 aromatic rings. The molecule has 2 atom stereocenters. The second-order valence-corrected chi connectivity index (χ2v) is 10.6. The maximum absolute atomic E-state index is 13.9. The second kappa shape index (κ2) is 10.1. The van der Waals surface area contributed by atoms with Gasteiger partial charge in [-0.3, -0.25) is 9.59 Å². The molecule has 2 unspecified atom stereocenters. The van der Waals surface area contributed by atoms with Crippen molar-refractivity contribution in [2.24, 2.45) is 5.92 Å². The van der Waals surface area contributed by atoms with Gasteiger partial charge in [-0.15, -0.1) is 23.2 Å². The van der Waals surface area contributed by atoms with Gasteiger partial charge in [0.25, 0.3) is 5.91 Å². The fourth-order valence-electron chi connectivity index (χ4n) is 3.79. The molecule has 0 aromatic heterocycles. The van der Waals surface area contributed by atoms with Gasteiger partial charge in [-0.05, 0) is 54.1 Å². The maximum atomic E-state index is 13.9. The number of hydrogen-bond acceptors (Lipinski definition) is 3. The van der Waals surface area contributed by atoms with Crippen molar-refractivity contribution in [3.63, 3.8) is 0 Å². The largest absolute Gasteiger partial charge is 0.378 e. The topological polar surface area (TPSA) is 58.2 Å². The summed E-state index contributed by atoms with van der Waals surface area (Å²) in [5, 5.41) is 6.17. The summed E-state index contributed by atoms with van der Waals surface area (Å²) in [5.74, 6) is -3.84. The SMILES string of the molecule is O=C(Nc1ccc(F)cc1F)c1cc(NCC(=O)C2C(c3cc(Cl)cc(Cl)c3)C2(Cl)Cl)ccc1Cl. The van der Waals surface area contributed by atoms with Gasteiger partial charge in [0.15, 0.2) is 5.78 Å². The lowest BCUT2D eigenvalue weighted by Gasteiger charge is -2.11. The average molecular weight is 579 g/mol. The fourth-order valence-corrected chi connectivity index (χ4v) is 5.41.